The predicted molar refractivity (Wildman–Crippen MR) is 416 cm³/mol. The van der Waals surface area contributed by atoms with Crippen molar-refractivity contribution in [1.82, 2.24) is 10.6 Å². The molecule has 2 aromatic carbocycles. The molecule has 22 N–H and O–H groups in total. The first-order valence-corrected chi connectivity index (χ1v) is 40.4. The average Bonchev–Trinajstić information content (AvgIpc) is 0.669. The smallest absolute Gasteiger partial charge is 0.317 e. The van der Waals surface area contributed by atoms with E-state index in [2.05, 4.69) is 75.8 Å². The fourth-order valence-electron chi connectivity index (χ4n) is 21.1. The summed E-state index contributed by atoms with van der Waals surface area (Å²) >= 11 is 0. The number of nitrogens with one attached hydrogen (secondary N) is 4. The zero-order valence-electron chi connectivity index (χ0n) is 67.4. The highest BCUT2D eigenvalue weighted by Crippen LogP contribution is 2.76. The van der Waals surface area contributed by atoms with Crippen molar-refractivity contribution in [3.63, 3.8) is 0 Å². The number of aromatic hydroxyl groups is 2. The Morgan fingerprint density at radius 2 is 1.00 bits per heavy atom. The molecule has 0 aromatic heterocycles. The van der Waals surface area contributed by atoms with Gasteiger partial charge in [0.15, 0.2) is 31.3 Å². The second-order valence-electron chi connectivity index (χ2n) is 35.5. The van der Waals surface area contributed by atoms with E-state index in [9.17, 15) is 91.3 Å². The maximum absolute atomic E-state index is 15.4. The summed E-state index contributed by atoms with van der Waals surface area (Å²) < 4.78 is 59.6. The molecule has 0 radical (unpaired) electrons. The van der Waals surface area contributed by atoms with E-state index >= 15 is 4.79 Å². The number of anilines is 2. The zero-order valence-corrected chi connectivity index (χ0v) is 69.0. The summed E-state index contributed by atoms with van der Waals surface area (Å²) in [5.74, 6) is -2.86. The number of benzene rings is 2. The van der Waals surface area contributed by atoms with Crippen LogP contribution in [0.2, 0.25) is 0 Å². The minimum atomic E-state index is -1.93. The van der Waals surface area contributed by atoms with Crippen LogP contribution >= 0.6 is 24.8 Å². The van der Waals surface area contributed by atoms with Gasteiger partial charge in [0.25, 0.3) is 0 Å². The third kappa shape index (κ3) is 17.6. The normalized spacial score (nSPS) is 42.5. The summed E-state index contributed by atoms with van der Waals surface area (Å²) in [7, 11) is 0. The second kappa shape index (κ2) is 37.6. The van der Waals surface area contributed by atoms with E-state index in [4.69, 9.17) is 57.6 Å². The lowest BCUT2D eigenvalue weighted by molar-refractivity contribution is -0.374. The van der Waals surface area contributed by atoms with Crippen molar-refractivity contribution in [2.75, 3.05) is 82.9 Å². The van der Waals surface area contributed by atoms with Gasteiger partial charge in [-0.05, 0) is 141 Å². The van der Waals surface area contributed by atoms with Gasteiger partial charge in [-0.15, -0.1) is 24.8 Å². The maximum Gasteiger partial charge on any atom is 0.317 e. The Kier molecular flexibility index (Phi) is 30.5. The van der Waals surface area contributed by atoms with Gasteiger partial charge in [-0.25, -0.2) is 0 Å². The Bertz CT molecular complexity index is 3700. The van der Waals surface area contributed by atoms with Gasteiger partial charge in [-0.3, -0.25) is 14.4 Å². The number of phenols is 2. The lowest BCUT2D eigenvalue weighted by atomic mass is 9.33. The Labute approximate surface area is 691 Å². The number of ketones is 2. The summed E-state index contributed by atoms with van der Waals surface area (Å²) in [6.45, 7) is 20.0. The average molecular weight is 1710 g/mol. The molecule has 35 nitrogen and oxygen atoms in total. The Balaban J connectivity index is 0.000000356. The van der Waals surface area contributed by atoms with E-state index in [1.54, 1.807) is 19.1 Å². The van der Waals surface area contributed by atoms with Gasteiger partial charge < -0.3 is 161 Å². The molecular formula is C80H124Cl2N4O31. The van der Waals surface area contributed by atoms with Crippen molar-refractivity contribution in [1.29, 1.82) is 0 Å². The Morgan fingerprint density at radius 1 is 0.504 bits per heavy atom. The SMILES string of the molecule is CC1OC(OC2CCC3(C)C(CCC4(C)C3CC=C3C5CC(C)(C)CCC5(C(=O)OC5OCC(O)C(O)C5OC5OC(C)C(OC6OC(CO)C(O)C(O)C6O)C(O)C5O)C(O)CC34C)C2(C)C)C(O)C(O)C1OC1OCC(O)C(O)C1O.Cl.Cl.O=C1c2c(O)ccc(O)c2C(=O)c2c(NCCNCCO)ccc(NCCNCCO)c21. The van der Waals surface area contributed by atoms with Crippen molar-refractivity contribution in [3.8, 4) is 11.5 Å². The number of aliphatic hydroxyl groups is 16. The fraction of sp³-hybridized carbons (Fsp3) is 0.787. The van der Waals surface area contributed by atoms with Crippen molar-refractivity contribution in [2.24, 2.45) is 50.2 Å². The van der Waals surface area contributed by atoms with E-state index in [1.807, 2.05) is 0 Å². The number of fused-ring (bicyclic) bond motifs is 9. The van der Waals surface area contributed by atoms with Crippen LogP contribution in [0, 0.1) is 50.2 Å². The summed E-state index contributed by atoms with van der Waals surface area (Å²) in [4.78, 5) is 42.1. The number of carbonyl (C=O) groups is 3. The number of hydrogen-bond donors (Lipinski definition) is 22. The summed E-state index contributed by atoms with van der Waals surface area (Å²) in [5.41, 5.74) is -1.60. The van der Waals surface area contributed by atoms with Gasteiger partial charge in [0.05, 0.1) is 79.7 Å². The molecule has 37 heteroatoms. The van der Waals surface area contributed by atoms with Crippen LogP contribution in [-0.2, 0) is 52.2 Å². The standard InChI is InChI=1S/C58H94O25.C22H28N4O6.2ClH/c1-23-44(80-47-40(69)34(63)27(60)21-74-47)38(67)42(71)48(76-23)79-33-13-14-55(7)30(54(33,5)6)12-15-56(8)31(55)11-10-25-26-18-53(3,4)16-17-58(26,32(62)19-57(25,56)9)52(73)83-51-46(35(64)28(61)22-75-51)82-49-43(72)39(68)45(24(2)77-49)81-50-41(70)37(66)36(65)29(20-59)78-50;27-11-9-23-5-7-25-13-1-2-14(26-8-6-24-10-12-28)18-17(13)21(31)19-15(29)3-4-16(30)20(19)22(18)32;;/h10,23-24,26-51,59-72H,11-22H2,1-9H3;1-4,23-30H,5-12H2;2*1H. The molecule has 117 heavy (non-hydrogen) atoms. The molecule has 664 valence electrons. The molecule has 11 aliphatic rings. The van der Waals surface area contributed by atoms with E-state index in [-0.39, 0.29) is 119 Å². The first-order valence-electron chi connectivity index (χ1n) is 40.4. The topological polar surface area (TPSA) is 556 Å². The molecule has 13 rings (SSSR count). The molecule has 32 atom stereocenters. The number of halogens is 2. The molecule has 32 unspecified atom stereocenters. The molecule has 5 heterocycles. The second-order valence-corrected chi connectivity index (χ2v) is 35.5. The van der Waals surface area contributed by atoms with Gasteiger partial charge >= 0.3 is 5.97 Å². The van der Waals surface area contributed by atoms with Gasteiger partial charge in [0.1, 0.15) is 108 Å². The van der Waals surface area contributed by atoms with Crippen LogP contribution < -0.4 is 21.3 Å². The van der Waals surface area contributed by atoms with Crippen molar-refractivity contribution >= 4 is 53.7 Å². The molecule has 0 bridgehead atoms. The van der Waals surface area contributed by atoms with Crippen LogP contribution in [0.1, 0.15) is 152 Å². The molecule has 5 aliphatic heterocycles. The van der Waals surface area contributed by atoms with Crippen molar-refractivity contribution in [2.45, 2.75) is 274 Å². The van der Waals surface area contributed by atoms with E-state index < -0.39 is 206 Å². The first kappa shape index (κ1) is 94.9. The van der Waals surface area contributed by atoms with Crippen LogP contribution in [0.3, 0.4) is 0 Å². The van der Waals surface area contributed by atoms with Crippen LogP contribution in [0.15, 0.2) is 35.9 Å². The third-order valence-corrected chi connectivity index (χ3v) is 27.8. The molecule has 5 saturated heterocycles. The number of ether oxygens (including phenoxy) is 10. The molecule has 0 spiro atoms. The largest absolute Gasteiger partial charge is 0.507 e. The van der Waals surface area contributed by atoms with Crippen molar-refractivity contribution < 1.29 is 154 Å². The number of hydrogen-bond acceptors (Lipinski definition) is 35. The van der Waals surface area contributed by atoms with E-state index in [1.165, 1.54) is 19.1 Å². The lowest BCUT2D eigenvalue weighted by Gasteiger charge is -2.71. The van der Waals surface area contributed by atoms with Crippen LogP contribution in [-0.4, -0.2) is 335 Å². The highest BCUT2D eigenvalue weighted by Gasteiger charge is 2.72. The number of aliphatic hydroxyl groups excluding tert-OH is 16. The molecule has 9 fully saturated rings. The maximum atomic E-state index is 15.4. The molecular weight excluding hydrogens is 1580 g/mol. The third-order valence-electron chi connectivity index (χ3n) is 27.8. The molecule has 4 saturated carbocycles. The molecule has 0 amide bonds. The van der Waals surface area contributed by atoms with Crippen LogP contribution in [0.5, 0.6) is 11.5 Å². The van der Waals surface area contributed by atoms with Crippen LogP contribution in [0.25, 0.3) is 0 Å². The van der Waals surface area contributed by atoms with Crippen LogP contribution in [0.4, 0.5) is 11.4 Å². The van der Waals surface area contributed by atoms with Gasteiger partial charge in [0, 0.05) is 50.6 Å². The number of phenolic OH excluding ortho intramolecular Hbond substituents is 2. The van der Waals surface area contributed by atoms with Gasteiger partial charge in [-0.1, -0.05) is 60.1 Å². The zero-order chi connectivity index (χ0) is 83.7. The lowest BCUT2D eigenvalue weighted by Crippen LogP contribution is -2.68. The van der Waals surface area contributed by atoms with Crippen molar-refractivity contribution in [3.05, 3.63) is 58.2 Å². The fourth-order valence-corrected chi connectivity index (χ4v) is 21.1. The predicted octanol–water partition coefficient (Wildman–Crippen LogP) is -1.20. The van der Waals surface area contributed by atoms with E-state index in [0.717, 1.165) is 24.8 Å². The number of rotatable bonds is 23. The number of carbonyl (C=O) groups excluding carboxylic acids is 3. The first-order chi connectivity index (χ1) is 54.3. The highest BCUT2D eigenvalue weighted by atomic mass is 35.5. The monoisotopic (exact) mass is 1710 g/mol. The number of esters is 1. The van der Waals surface area contributed by atoms with Gasteiger partial charge in [-0.2, -0.15) is 0 Å². The minimum absolute atomic E-state index is 0. The summed E-state index contributed by atoms with van der Waals surface area (Å²) in [6.07, 6.45) is -29.2. The minimum Gasteiger partial charge on any atom is -0.507 e. The Morgan fingerprint density at radius 3 is 1.55 bits per heavy atom. The number of allylic oxidation sites excluding steroid dienone is 2. The quantitative estimate of drug-likeness (QED) is 0.0174. The summed E-state index contributed by atoms with van der Waals surface area (Å²) in [6, 6.07) is 5.74. The molecule has 6 aliphatic carbocycles. The Hall–Kier alpha value is -4.31. The summed E-state index contributed by atoms with van der Waals surface area (Å²) in [5, 5.41) is 203. The van der Waals surface area contributed by atoms with Gasteiger partial charge in [0.2, 0.25) is 17.9 Å². The molecule has 2 aromatic rings. The van der Waals surface area contributed by atoms with E-state index in [0.29, 0.717) is 76.3 Å². The highest BCUT2D eigenvalue weighted by molar-refractivity contribution is 6.33.